The highest BCUT2D eigenvalue weighted by Gasteiger charge is 2.27. The van der Waals surface area contributed by atoms with Crippen LogP contribution in [-0.2, 0) is 11.3 Å². The van der Waals surface area contributed by atoms with Gasteiger partial charge in [-0.15, -0.1) is 0 Å². The molecular formula is C34H25NO3. The van der Waals surface area contributed by atoms with Gasteiger partial charge in [-0.1, -0.05) is 59.7 Å². The van der Waals surface area contributed by atoms with Gasteiger partial charge < -0.3 is 14.4 Å². The van der Waals surface area contributed by atoms with Crippen LogP contribution < -0.4 is 9.64 Å². The summed E-state index contributed by atoms with van der Waals surface area (Å²) < 4.78 is 12.0. The number of para-hydroxylation sites is 2. The molecule has 0 fully saturated rings. The van der Waals surface area contributed by atoms with Gasteiger partial charge in [0.1, 0.15) is 18.1 Å². The summed E-state index contributed by atoms with van der Waals surface area (Å²) in [6.45, 7) is 4.51. The van der Waals surface area contributed by atoms with Gasteiger partial charge in [-0.2, -0.15) is 0 Å². The number of benzene rings is 5. The third kappa shape index (κ3) is 3.57. The Kier molecular flexibility index (Phi) is 5.08. The Labute approximate surface area is 221 Å². The van der Waals surface area contributed by atoms with Crippen molar-refractivity contribution in [2.45, 2.75) is 20.5 Å². The molecular weight excluding hydrogens is 470 g/mol. The van der Waals surface area contributed by atoms with E-state index in [0.29, 0.717) is 5.56 Å². The Bertz CT molecular complexity index is 1660. The van der Waals surface area contributed by atoms with Crippen molar-refractivity contribution in [1.29, 1.82) is 0 Å². The summed E-state index contributed by atoms with van der Waals surface area (Å²) in [5.41, 5.74) is 11.0. The van der Waals surface area contributed by atoms with Crippen LogP contribution >= 0.6 is 0 Å². The maximum Gasteiger partial charge on any atom is 0.338 e. The van der Waals surface area contributed by atoms with E-state index in [9.17, 15) is 4.79 Å². The van der Waals surface area contributed by atoms with Crippen LogP contribution in [0.2, 0.25) is 0 Å². The van der Waals surface area contributed by atoms with Gasteiger partial charge in [-0.3, -0.25) is 0 Å². The number of rotatable bonds is 1. The molecule has 5 aromatic rings. The lowest BCUT2D eigenvalue weighted by Gasteiger charge is -2.32. The number of hydrogen-bond acceptors (Lipinski definition) is 4. The van der Waals surface area contributed by atoms with Crippen LogP contribution in [0.3, 0.4) is 0 Å². The molecule has 4 nitrogen and oxygen atoms in total. The molecule has 0 aromatic heterocycles. The lowest BCUT2D eigenvalue weighted by Crippen LogP contribution is -2.14. The van der Waals surface area contributed by atoms with E-state index in [1.54, 1.807) is 0 Å². The standard InChI is InChI=1S/C34H25NO3/c1-21-11-15-30-28(17-21)26-7-3-5-9-32(26)38-33-10-6-4-8-27(33)29-18-22(2)12-16-31(29)35(30)24-13-14-25-23(19-24)20-37-34(25)36/h3-19H,20H2,1-2H3. The van der Waals surface area contributed by atoms with Crippen LogP contribution in [0.15, 0.2) is 103 Å². The largest absolute Gasteiger partial charge is 0.457 e. The first-order valence-corrected chi connectivity index (χ1v) is 12.7. The van der Waals surface area contributed by atoms with Gasteiger partial charge in [0.25, 0.3) is 0 Å². The Balaban J connectivity index is 1.60. The van der Waals surface area contributed by atoms with Crippen molar-refractivity contribution in [3.05, 3.63) is 125 Å². The lowest BCUT2D eigenvalue weighted by molar-refractivity contribution is 0.0535. The number of fused-ring (bicyclic) bond motifs is 7. The molecule has 0 saturated carbocycles. The zero-order valence-electron chi connectivity index (χ0n) is 21.2. The minimum atomic E-state index is -0.264. The average molecular weight is 496 g/mol. The van der Waals surface area contributed by atoms with E-state index < -0.39 is 0 Å². The van der Waals surface area contributed by atoms with Crippen molar-refractivity contribution in [2.24, 2.45) is 0 Å². The molecule has 0 aliphatic carbocycles. The van der Waals surface area contributed by atoms with Crippen LogP contribution in [0, 0.1) is 13.8 Å². The molecule has 2 heterocycles. The molecule has 0 radical (unpaired) electrons. The molecule has 184 valence electrons. The highest BCUT2D eigenvalue weighted by atomic mass is 16.5. The minimum Gasteiger partial charge on any atom is -0.457 e. The Morgan fingerprint density at radius 3 is 1.79 bits per heavy atom. The van der Waals surface area contributed by atoms with Crippen LogP contribution in [0.25, 0.3) is 22.3 Å². The first kappa shape index (κ1) is 22.4. The molecule has 4 heteroatoms. The van der Waals surface area contributed by atoms with E-state index in [-0.39, 0.29) is 12.6 Å². The molecule has 2 aliphatic heterocycles. The van der Waals surface area contributed by atoms with Gasteiger partial charge in [-0.05, 0) is 68.4 Å². The van der Waals surface area contributed by atoms with E-state index in [0.717, 1.165) is 67.5 Å². The highest BCUT2D eigenvalue weighted by molar-refractivity contribution is 5.98. The smallest absolute Gasteiger partial charge is 0.338 e. The van der Waals surface area contributed by atoms with Crippen molar-refractivity contribution >= 4 is 23.0 Å². The normalized spacial score (nSPS) is 13.3. The van der Waals surface area contributed by atoms with E-state index >= 15 is 0 Å². The van der Waals surface area contributed by atoms with E-state index in [4.69, 9.17) is 9.47 Å². The first-order chi connectivity index (χ1) is 18.6. The molecule has 0 bridgehead atoms. The molecule has 0 atom stereocenters. The van der Waals surface area contributed by atoms with Crippen molar-refractivity contribution < 1.29 is 14.3 Å². The molecule has 0 unspecified atom stereocenters. The number of hydrogen-bond donors (Lipinski definition) is 0. The summed E-state index contributed by atoms with van der Waals surface area (Å²) in [6.07, 6.45) is 0. The zero-order valence-corrected chi connectivity index (χ0v) is 21.2. The second kappa shape index (κ2) is 8.63. The van der Waals surface area contributed by atoms with Crippen LogP contribution in [0.1, 0.15) is 27.0 Å². The van der Waals surface area contributed by atoms with E-state index in [1.807, 2.05) is 48.5 Å². The van der Waals surface area contributed by atoms with E-state index in [1.165, 1.54) is 0 Å². The number of cyclic esters (lactones) is 1. The molecule has 38 heavy (non-hydrogen) atoms. The topological polar surface area (TPSA) is 38.8 Å². The molecule has 2 aliphatic rings. The maximum atomic E-state index is 12.2. The summed E-state index contributed by atoms with van der Waals surface area (Å²) in [5.74, 6) is 1.34. The van der Waals surface area contributed by atoms with Gasteiger partial charge in [0, 0.05) is 33.5 Å². The Morgan fingerprint density at radius 2 is 1.18 bits per heavy atom. The quantitative estimate of drug-likeness (QED) is 0.214. The minimum absolute atomic E-state index is 0.264. The summed E-state index contributed by atoms with van der Waals surface area (Å²) in [4.78, 5) is 14.5. The highest BCUT2D eigenvalue weighted by Crippen LogP contribution is 2.50. The summed E-state index contributed by atoms with van der Waals surface area (Å²) in [7, 11) is 0. The predicted molar refractivity (Wildman–Crippen MR) is 151 cm³/mol. The van der Waals surface area contributed by atoms with Gasteiger partial charge in [0.15, 0.2) is 0 Å². The first-order valence-electron chi connectivity index (χ1n) is 12.7. The number of aryl methyl sites for hydroxylation is 2. The fourth-order valence-electron chi connectivity index (χ4n) is 5.46. The van der Waals surface area contributed by atoms with Crippen molar-refractivity contribution in [3.8, 4) is 33.8 Å². The summed E-state index contributed by atoms with van der Waals surface area (Å²) in [6, 6.07) is 35.4. The molecule has 0 N–H and O–H groups in total. The Morgan fingerprint density at radius 1 is 0.605 bits per heavy atom. The molecule has 7 rings (SSSR count). The van der Waals surface area contributed by atoms with Gasteiger partial charge in [0.2, 0.25) is 0 Å². The van der Waals surface area contributed by atoms with Gasteiger partial charge in [0.05, 0.1) is 16.9 Å². The van der Waals surface area contributed by atoms with Gasteiger partial charge in [-0.25, -0.2) is 4.79 Å². The van der Waals surface area contributed by atoms with Crippen molar-refractivity contribution in [1.82, 2.24) is 0 Å². The van der Waals surface area contributed by atoms with Crippen LogP contribution in [-0.4, -0.2) is 5.97 Å². The van der Waals surface area contributed by atoms with Crippen molar-refractivity contribution in [2.75, 3.05) is 4.90 Å². The fraction of sp³-hybridized carbons (Fsp3) is 0.0882. The molecule has 0 spiro atoms. The van der Waals surface area contributed by atoms with Crippen LogP contribution in [0.4, 0.5) is 17.1 Å². The molecule has 0 amide bonds. The molecule has 0 saturated heterocycles. The van der Waals surface area contributed by atoms with E-state index in [2.05, 4.69) is 73.3 Å². The lowest BCUT2D eigenvalue weighted by atomic mass is 9.94. The second-order valence-electron chi connectivity index (χ2n) is 9.89. The third-order valence-electron chi connectivity index (χ3n) is 7.29. The fourth-order valence-corrected chi connectivity index (χ4v) is 5.46. The van der Waals surface area contributed by atoms with Gasteiger partial charge >= 0.3 is 5.97 Å². The number of nitrogens with zero attached hydrogens (tertiary/aromatic N) is 1. The third-order valence-corrected chi connectivity index (χ3v) is 7.29. The van der Waals surface area contributed by atoms with Crippen LogP contribution in [0.5, 0.6) is 11.5 Å². The maximum absolute atomic E-state index is 12.2. The monoisotopic (exact) mass is 495 g/mol. The number of anilines is 3. The SMILES string of the molecule is Cc1ccc2c(c1)-c1ccccc1Oc1ccccc1-c1cc(C)ccc1N2c1ccc2c(c1)COC2=O. The summed E-state index contributed by atoms with van der Waals surface area (Å²) >= 11 is 0. The number of carbonyl (C=O) groups is 1. The number of ether oxygens (including phenoxy) is 2. The zero-order chi connectivity index (χ0) is 25.8. The van der Waals surface area contributed by atoms with Crippen molar-refractivity contribution in [3.63, 3.8) is 0 Å². The summed E-state index contributed by atoms with van der Waals surface area (Å²) in [5, 5.41) is 0. The Hall–Kier alpha value is -4.83. The number of carbonyl (C=O) groups excluding carboxylic acids is 1. The molecule has 5 aromatic carbocycles. The number of esters is 1. The second-order valence-corrected chi connectivity index (χ2v) is 9.89. The predicted octanol–water partition coefficient (Wildman–Crippen LogP) is 8.88. The average Bonchev–Trinajstić information content (AvgIpc) is 3.30.